The fourth-order valence-corrected chi connectivity index (χ4v) is 1.85. The van der Waals surface area contributed by atoms with Gasteiger partial charge in [-0.05, 0) is 19.4 Å². The number of alkyl halides is 1. The molecule has 2 N–H and O–H groups in total. The highest BCUT2D eigenvalue weighted by atomic mass is 35.5. The van der Waals surface area contributed by atoms with Crippen molar-refractivity contribution >= 4 is 17.5 Å². The zero-order chi connectivity index (χ0) is 8.97. The van der Waals surface area contributed by atoms with E-state index < -0.39 is 0 Å². The first kappa shape index (κ1) is 9.81. The van der Waals surface area contributed by atoms with E-state index in [2.05, 4.69) is 4.90 Å². The lowest BCUT2D eigenvalue weighted by molar-refractivity contribution is -0.123. The lowest BCUT2D eigenvalue weighted by atomic mass is 9.98. The first-order valence-corrected chi connectivity index (χ1v) is 4.85. The molecule has 70 valence electrons. The first-order valence-electron chi connectivity index (χ1n) is 4.31. The summed E-state index contributed by atoms with van der Waals surface area (Å²) in [6, 6.07) is 0. The number of carbonyl (C=O) groups is 1. The number of likely N-dealkylation sites (tertiary alicyclic amines) is 1. The summed E-state index contributed by atoms with van der Waals surface area (Å²) < 4.78 is 0. The molecule has 1 heterocycles. The second kappa shape index (κ2) is 4.67. The zero-order valence-electron chi connectivity index (χ0n) is 7.13. The predicted octanol–water partition coefficient (Wildman–Crippen LogP) is 0.422. The second-order valence-corrected chi connectivity index (χ2v) is 3.61. The molecule has 1 atom stereocenters. The van der Waals surface area contributed by atoms with E-state index in [4.69, 9.17) is 17.3 Å². The molecule has 0 bridgehead atoms. The van der Waals surface area contributed by atoms with Crippen molar-refractivity contribution in [2.24, 2.45) is 11.7 Å². The third kappa shape index (κ3) is 2.64. The fourth-order valence-electron chi connectivity index (χ4n) is 1.61. The molecule has 1 saturated heterocycles. The monoisotopic (exact) mass is 190 g/mol. The van der Waals surface area contributed by atoms with Crippen molar-refractivity contribution in [1.29, 1.82) is 0 Å². The number of carbonyl (C=O) groups excluding carboxylic acids is 1. The number of hydrogen-bond acceptors (Lipinski definition) is 2. The summed E-state index contributed by atoms with van der Waals surface area (Å²) in [5, 5.41) is 0. The van der Waals surface area contributed by atoms with Gasteiger partial charge < -0.3 is 10.6 Å². The van der Waals surface area contributed by atoms with Gasteiger partial charge in [-0.3, -0.25) is 4.79 Å². The summed E-state index contributed by atoms with van der Waals surface area (Å²) in [5.74, 6) is 0.502. The molecule has 0 aromatic rings. The normalized spacial score (nSPS) is 25.6. The van der Waals surface area contributed by atoms with E-state index in [-0.39, 0.29) is 11.8 Å². The third-order valence-electron chi connectivity index (χ3n) is 2.31. The van der Waals surface area contributed by atoms with Crippen molar-refractivity contribution in [1.82, 2.24) is 4.90 Å². The van der Waals surface area contributed by atoms with Crippen LogP contribution in [0.15, 0.2) is 0 Å². The van der Waals surface area contributed by atoms with Crippen LogP contribution in [0.5, 0.6) is 0 Å². The predicted molar refractivity (Wildman–Crippen MR) is 49.1 cm³/mol. The van der Waals surface area contributed by atoms with Gasteiger partial charge in [0, 0.05) is 19.0 Å². The quantitative estimate of drug-likeness (QED) is 0.656. The number of hydrogen-bond donors (Lipinski definition) is 1. The number of amides is 1. The van der Waals surface area contributed by atoms with Gasteiger partial charge >= 0.3 is 0 Å². The molecule has 4 heteroatoms. The molecule has 0 aromatic heterocycles. The largest absolute Gasteiger partial charge is 0.369 e. The van der Waals surface area contributed by atoms with E-state index in [1.165, 1.54) is 0 Å². The van der Waals surface area contributed by atoms with E-state index in [1.54, 1.807) is 0 Å². The van der Waals surface area contributed by atoms with Gasteiger partial charge in [-0.1, -0.05) is 0 Å². The van der Waals surface area contributed by atoms with Gasteiger partial charge in [-0.2, -0.15) is 0 Å². The minimum absolute atomic E-state index is 0.0435. The highest BCUT2D eigenvalue weighted by molar-refractivity contribution is 6.18. The van der Waals surface area contributed by atoms with Crippen LogP contribution in [0.1, 0.15) is 12.8 Å². The SMILES string of the molecule is NC(=O)C1CCCN(CCCl)C1. The molecule has 0 aliphatic carbocycles. The topological polar surface area (TPSA) is 46.3 Å². The fraction of sp³-hybridized carbons (Fsp3) is 0.875. The lowest BCUT2D eigenvalue weighted by Gasteiger charge is -2.30. The minimum atomic E-state index is -0.172. The van der Waals surface area contributed by atoms with Crippen LogP contribution >= 0.6 is 11.6 Å². The summed E-state index contributed by atoms with van der Waals surface area (Å²) in [7, 11) is 0. The maximum atomic E-state index is 10.9. The Kier molecular flexibility index (Phi) is 3.82. The van der Waals surface area contributed by atoms with Crippen LogP contribution in [-0.4, -0.2) is 36.3 Å². The van der Waals surface area contributed by atoms with Crippen molar-refractivity contribution in [2.75, 3.05) is 25.5 Å². The van der Waals surface area contributed by atoms with Crippen molar-refractivity contribution in [3.8, 4) is 0 Å². The van der Waals surface area contributed by atoms with Crippen LogP contribution in [-0.2, 0) is 4.79 Å². The Morgan fingerprint density at radius 3 is 3.00 bits per heavy atom. The summed E-state index contributed by atoms with van der Waals surface area (Å²) in [6.45, 7) is 2.71. The van der Waals surface area contributed by atoms with Crippen LogP contribution in [0.4, 0.5) is 0 Å². The second-order valence-electron chi connectivity index (χ2n) is 3.23. The number of nitrogens with two attached hydrogens (primary N) is 1. The van der Waals surface area contributed by atoms with Gasteiger partial charge in [0.15, 0.2) is 0 Å². The molecule has 1 rings (SSSR count). The molecule has 0 spiro atoms. The lowest BCUT2D eigenvalue weighted by Crippen LogP contribution is -2.41. The molecule has 0 saturated carbocycles. The van der Waals surface area contributed by atoms with Crippen molar-refractivity contribution < 1.29 is 4.79 Å². The van der Waals surface area contributed by atoms with Crippen molar-refractivity contribution in [2.45, 2.75) is 12.8 Å². The molecule has 1 unspecified atom stereocenters. The van der Waals surface area contributed by atoms with Crippen LogP contribution in [0, 0.1) is 5.92 Å². The molecule has 1 amide bonds. The van der Waals surface area contributed by atoms with E-state index in [0.29, 0.717) is 5.88 Å². The average Bonchev–Trinajstić information content (AvgIpc) is 2.05. The van der Waals surface area contributed by atoms with Crippen LogP contribution in [0.2, 0.25) is 0 Å². The van der Waals surface area contributed by atoms with E-state index in [0.717, 1.165) is 32.5 Å². The molecule has 0 radical (unpaired) electrons. The standard InChI is InChI=1S/C8H15ClN2O/c9-3-5-11-4-1-2-7(6-11)8(10)12/h7H,1-6H2,(H2,10,12). The van der Waals surface area contributed by atoms with Gasteiger partial charge in [-0.15, -0.1) is 11.6 Å². The van der Waals surface area contributed by atoms with Gasteiger partial charge in [0.25, 0.3) is 0 Å². The number of rotatable bonds is 3. The van der Waals surface area contributed by atoms with Crippen LogP contribution in [0.3, 0.4) is 0 Å². The minimum Gasteiger partial charge on any atom is -0.369 e. The van der Waals surface area contributed by atoms with E-state index in [1.807, 2.05) is 0 Å². The van der Waals surface area contributed by atoms with Gasteiger partial charge in [0.2, 0.25) is 5.91 Å². The van der Waals surface area contributed by atoms with Gasteiger partial charge in [0.1, 0.15) is 0 Å². The smallest absolute Gasteiger partial charge is 0.221 e. The maximum absolute atomic E-state index is 10.9. The Bertz CT molecular complexity index is 161. The van der Waals surface area contributed by atoms with E-state index in [9.17, 15) is 4.79 Å². The van der Waals surface area contributed by atoms with Crippen molar-refractivity contribution in [3.63, 3.8) is 0 Å². The molecule has 1 aliphatic heterocycles. The zero-order valence-corrected chi connectivity index (χ0v) is 7.89. The van der Waals surface area contributed by atoms with Gasteiger partial charge in [-0.25, -0.2) is 0 Å². The number of piperidine rings is 1. The Morgan fingerprint density at radius 2 is 2.42 bits per heavy atom. The summed E-state index contributed by atoms with van der Waals surface area (Å²) in [5.41, 5.74) is 5.23. The molecule has 1 aliphatic rings. The summed E-state index contributed by atoms with van der Waals surface area (Å²) >= 11 is 5.60. The Hall–Kier alpha value is -0.280. The Morgan fingerprint density at radius 1 is 1.67 bits per heavy atom. The average molecular weight is 191 g/mol. The summed E-state index contributed by atoms with van der Waals surface area (Å²) in [6.07, 6.45) is 2.00. The summed E-state index contributed by atoms with van der Waals surface area (Å²) in [4.78, 5) is 13.1. The maximum Gasteiger partial charge on any atom is 0.221 e. The van der Waals surface area contributed by atoms with Crippen LogP contribution in [0.25, 0.3) is 0 Å². The molecular weight excluding hydrogens is 176 g/mol. The Balaban J connectivity index is 2.35. The molecule has 3 nitrogen and oxygen atoms in total. The Labute approximate surface area is 77.9 Å². The molecule has 12 heavy (non-hydrogen) atoms. The van der Waals surface area contributed by atoms with E-state index >= 15 is 0 Å². The van der Waals surface area contributed by atoms with Crippen molar-refractivity contribution in [3.05, 3.63) is 0 Å². The van der Waals surface area contributed by atoms with Crippen LogP contribution < -0.4 is 5.73 Å². The highest BCUT2D eigenvalue weighted by Gasteiger charge is 2.22. The van der Waals surface area contributed by atoms with Gasteiger partial charge in [0.05, 0.1) is 5.92 Å². The number of halogens is 1. The molecule has 1 fully saturated rings. The number of nitrogens with zero attached hydrogens (tertiary/aromatic N) is 1. The number of primary amides is 1. The molecular formula is C8H15ClN2O. The highest BCUT2D eigenvalue weighted by Crippen LogP contribution is 2.15. The molecule has 0 aromatic carbocycles. The third-order valence-corrected chi connectivity index (χ3v) is 2.48. The first-order chi connectivity index (χ1) is 5.74.